The lowest BCUT2D eigenvalue weighted by atomic mass is 10.1. The molecule has 20 heavy (non-hydrogen) atoms. The van der Waals surface area contributed by atoms with Crippen molar-refractivity contribution in [2.24, 2.45) is 0 Å². The molecule has 1 N–H and O–H groups in total. The summed E-state index contributed by atoms with van der Waals surface area (Å²) in [6.45, 7) is 1.93. The zero-order valence-electron chi connectivity index (χ0n) is 11.8. The van der Waals surface area contributed by atoms with Gasteiger partial charge in [-0.3, -0.25) is 4.79 Å². The summed E-state index contributed by atoms with van der Waals surface area (Å²) in [5, 5.41) is 8.81. The summed E-state index contributed by atoms with van der Waals surface area (Å²) in [6.07, 6.45) is 1.41. The maximum Gasteiger partial charge on any atom is 0.316 e. The van der Waals surface area contributed by atoms with Gasteiger partial charge in [0.15, 0.2) is 0 Å². The average Bonchev–Trinajstić information content (AvgIpc) is 2.46. The molecule has 0 radical (unpaired) electrons. The van der Waals surface area contributed by atoms with Gasteiger partial charge in [0.1, 0.15) is 5.25 Å². The van der Waals surface area contributed by atoms with Crippen LogP contribution in [0.15, 0.2) is 30.3 Å². The lowest BCUT2D eigenvalue weighted by Crippen LogP contribution is -2.20. The van der Waals surface area contributed by atoms with Gasteiger partial charge < -0.3 is 14.6 Å². The van der Waals surface area contributed by atoms with Gasteiger partial charge in [-0.1, -0.05) is 30.3 Å². The maximum absolute atomic E-state index is 11.2. The minimum absolute atomic E-state index is 0.417. The number of hydrogen-bond donors (Lipinski definition) is 1. The molecular formula is C15H22O4S. The van der Waals surface area contributed by atoms with Gasteiger partial charge in [0.2, 0.25) is 0 Å². The first-order chi connectivity index (χ1) is 9.74. The fourth-order valence-electron chi connectivity index (χ4n) is 1.70. The van der Waals surface area contributed by atoms with Crippen LogP contribution in [0.5, 0.6) is 0 Å². The Morgan fingerprint density at radius 1 is 1.25 bits per heavy atom. The number of carboxylic acid groups (broad SMARTS) is 1. The van der Waals surface area contributed by atoms with E-state index in [0.717, 1.165) is 12.0 Å². The summed E-state index contributed by atoms with van der Waals surface area (Å²) in [4.78, 5) is 11.2. The highest BCUT2D eigenvalue weighted by atomic mass is 32.2. The first-order valence-electron chi connectivity index (χ1n) is 6.69. The number of rotatable bonds is 11. The third-order valence-electron chi connectivity index (χ3n) is 2.72. The van der Waals surface area contributed by atoms with Crippen LogP contribution in [-0.2, 0) is 20.7 Å². The van der Waals surface area contributed by atoms with Gasteiger partial charge in [-0.15, -0.1) is 11.8 Å². The molecule has 1 rings (SSSR count). The molecule has 0 saturated carbocycles. The van der Waals surface area contributed by atoms with Gasteiger partial charge >= 0.3 is 5.97 Å². The van der Waals surface area contributed by atoms with E-state index in [1.165, 1.54) is 11.8 Å². The van der Waals surface area contributed by atoms with Crippen molar-refractivity contribution in [3.8, 4) is 0 Å². The number of ether oxygens (including phenoxy) is 2. The maximum atomic E-state index is 11.2. The van der Waals surface area contributed by atoms with Crippen LogP contribution in [0.3, 0.4) is 0 Å². The van der Waals surface area contributed by atoms with E-state index in [0.29, 0.717) is 32.0 Å². The summed E-state index contributed by atoms with van der Waals surface area (Å²) in [5.41, 5.74) is 1.05. The number of methoxy groups -OCH3 is 1. The highest BCUT2D eigenvalue weighted by molar-refractivity contribution is 8.00. The molecule has 5 heteroatoms. The Balaban J connectivity index is 2.21. The SMILES string of the molecule is COCCCOCCSC(Cc1ccccc1)C(=O)O. The highest BCUT2D eigenvalue weighted by Crippen LogP contribution is 2.17. The van der Waals surface area contributed by atoms with Crippen LogP contribution >= 0.6 is 11.8 Å². The smallest absolute Gasteiger partial charge is 0.316 e. The highest BCUT2D eigenvalue weighted by Gasteiger charge is 2.18. The van der Waals surface area contributed by atoms with Gasteiger partial charge in [0.05, 0.1) is 6.61 Å². The monoisotopic (exact) mass is 298 g/mol. The van der Waals surface area contributed by atoms with Crippen molar-refractivity contribution < 1.29 is 19.4 Å². The normalized spacial score (nSPS) is 12.2. The molecule has 0 aliphatic heterocycles. The lowest BCUT2D eigenvalue weighted by molar-refractivity contribution is -0.136. The molecule has 0 spiro atoms. The number of benzene rings is 1. The first-order valence-corrected chi connectivity index (χ1v) is 7.74. The molecule has 0 amide bonds. The third kappa shape index (κ3) is 7.53. The van der Waals surface area contributed by atoms with Gasteiger partial charge in [0.25, 0.3) is 0 Å². The molecule has 0 fully saturated rings. The second-order valence-electron chi connectivity index (χ2n) is 4.35. The quantitative estimate of drug-likeness (QED) is 0.636. The summed E-state index contributed by atoms with van der Waals surface area (Å²) in [7, 11) is 1.66. The van der Waals surface area contributed by atoms with E-state index in [4.69, 9.17) is 9.47 Å². The Labute approximate surface area is 124 Å². The minimum Gasteiger partial charge on any atom is -0.480 e. The average molecular weight is 298 g/mol. The lowest BCUT2D eigenvalue weighted by Gasteiger charge is -2.12. The van der Waals surface area contributed by atoms with Crippen LogP contribution in [0.2, 0.25) is 0 Å². The molecule has 1 atom stereocenters. The van der Waals surface area contributed by atoms with Crippen LogP contribution in [0, 0.1) is 0 Å². The number of carbonyl (C=O) groups is 1. The first kappa shape index (κ1) is 17.0. The standard InChI is InChI=1S/C15H22O4S/c1-18-8-5-9-19-10-11-20-14(15(16)17)12-13-6-3-2-4-7-13/h2-4,6-7,14H,5,8-12H2,1H3,(H,16,17). The zero-order chi connectivity index (χ0) is 14.6. The van der Waals surface area contributed by atoms with Gasteiger partial charge in [-0.25, -0.2) is 0 Å². The molecular weight excluding hydrogens is 276 g/mol. The van der Waals surface area contributed by atoms with E-state index in [1.54, 1.807) is 7.11 Å². The van der Waals surface area contributed by atoms with Crippen molar-refractivity contribution in [2.45, 2.75) is 18.1 Å². The van der Waals surface area contributed by atoms with Crippen molar-refractivity contribution in [3.63, 3.8) is 0 Å². The van der Waals surface area contributed by atoms with E-state index in [1.807, 2.05) is 30.3 Å². The largest absolute Gasteiger partial charge is 0.480 e. The fourth-order valence-corrected chi connectivity index (χ4v) is 2.65. The predicted molar refractivity (Wildman–Crippen MR) is 81.3 cm³/mol. The summed E-state index contributed by atoms with van der Waals surface area (Å²) in [6, 6.07) is 9.70. The molecule has 112 valence electrons. The van der Waals surface area contributed by atoms with Crippen molar-refractivity contribution in [2.75, 3.05) is 32.7 Å². The number of thioether (sulfide) groups is 1. The molecule has 0 heterocycles. The molecule has 1 aromatic rings. The topological polar surface area (TPSA) is 55.8 Å². The fraction of sp³-hybridized carbons (Fsp3) is 0.533. The molecule has 4 nitrogen and oxygen atoms in total. The van der Waals surface area contributed by atoms with Crippen molar-refractivity contribution in [3.05, 3.63) is 35.9 Å². The van der Waals surface area contributed by atoms with E-state index in [-0.39, 0.29) is 0 Å². The third-order valence-corrected chi connectivity index (χ3v) is 3.90. The number of aliphatic carboxylic acids is 1. The Morgan fingerprint density at radius 2 is 2.00 bits per heavy atom. The summed E-state index contributed by atoms with van der Waals surface area (Å²) in [5.74, 6) is -0.0743. The molecule has 0 aliphatic rings. The Hall–Kier alpha value is -1.04. The van der Waals surface area contributed by atoms with Gasteiger partial charge in [-0.05, 0) is 18.4 Å². The Bertz CT molecular complexity index is 369. The van der Waals surface area contributed by atoms with Gasteiger partial charge in [0, 0.05) is 26.1 Å². The second kappa shape index (κ2) is 10.7. The van der Waals surface area contributed by atoms with Crippen molar-refractivity contribution in [1.82, 2.24) is 0 Å². The number of carboxylic acids is 1. The molecule has 0 aromatic heterocycles. The molecule has 0 bridgehead atoms. The predicted octanol–water partition coefficient (Wildman–Crippen LogP) is 2.47. The van der Waals surface area contributed by atoms with Crippen molar-refractivity contribution >= 4 is 17.7 Å². The van der Waals surface area contributed by atoms with E-state index in [2.05, 4.69) is 0 Å². The van der Waals surface area contributed by atoms with E-state index < -0.39 is 11.2 Å². The minimum atomic E-state index is -0.766. The Morgan fingerprint density at radius 3 is 2.65 bits per heavy atom. The van der Waals surface area contributed by atoms with E-state index >= 15 is 0 Å². The molecule has 0 saturated heterocycles. The zero-order valence-corrected chi connectivity index (χ0v) is 12.6. The van der Waals surface area contributed by atoms with Crippen LogP contribution in [-0.4, -0.2) is 49.0 Å². The van der Waals surface area contributed by atoms with Crippen LogP contribution < -0.4 is 0 Å². The van der Waals surface area contributed by atoms with E-state index in [9.17, 15) is 9.90 Å². The van der Waals surface area contributed by atoms with Crippen LogP contribution in [0.1, 0.15) is 12.0 Å². The number of hydrogen-bond acceptors (Lipinski definition) is 4. The summed E-state index contributed by atoms with van der Waals surface area (Å²) >= 11 is 1.43. The second-order valence-corrected chi connectivity index (χ2v) is 5.66. The summed E-state index contributed by atoms with van der Waals surface area (Å²) < 4.78 is 10.3. The van der Waals surface area contributed by atoms with Crippen LogP contribution in [0.4, 0.5) is 0 Å². The Kier molecular flexibility index (Phi) is 9.11. The molecule has 0 aliphatic carbocycles. The molecule has 1 unspecified atom stereocenters. The van der Waals surface area contributed by atoms with Crippen molar-refractivity contribution in [1.29, 1.82) is 0 Å². The molecule has 1 aromatic carbocycles. The van der Waals surface area contributed by atoms with Gasteiger partial charge in [-0.2, -0.15) is 0 Å². The van der Waals surface area contributed by atoms with Crippen LogP contribution in [0.25, 0.3) is 0 Å².